The highest BCUT2D eigenvalue weighted by Crippen LogP contribution is 2.28. The number of nitrogens with one attached hydrogen (secondary N) is 2. The molecule has 23 heavy (non-hydrogen) atoms. The van der Waals surface area contributed by atoms with E-state index in [4.69, 9.17) is 4.74 Å². The molecule has 1 heterocycles. The summed E-state index contributed by atoms with van der Waals surface area (Å²) in [6.07, 6.45) is -0.881. The Balaban J connectivity index is 2.20. The number of benzene rings is 1. The minimum Gasteiger partial charge on any atom is -0.494 e. The summed E-state index contributed by atoms with van der Waals surface area (Å²) in [5.41, 5.74) is 0.404. The van der Waals surface area contributed by atoms with Crippen molar-refractivity contribution < 1.29 is 24.5 Å². The Bertz CT molecular complexity index is 730. The van der Waals surface area contributed by atoms with Crippen LogP contribution < -0.4 is 5.32 Å². The van der Waals surface area contributed by atoms with Crippen LogP contribution in [0.4, 0.5) is 4.79 Å². The molecule has 7 nitrogen and oxygen atoms in total. The normalized spacial score (nSPS) is 12.8. The lowest BCUT2D eigenvalue weighted by atomic mass is 10.0. The highest BCUT2D eigenvalue weighted by atomic mass is 16.6. The fraction of sp³-hybridized carbons (Fsp3) is 0.375. The maximum absolute atomic E-state index is 11.8. The number of alkyl carbamates (subject to hydrolysis) is 1. The molecular weight excluding hydrogens is 300 g/mol. The molecule has 2 rings (SSSR count). The van der Waals surface area contributed by atoms with Crippen molar-refractivity contribution in [1.29, 1.82) is 0 Å². The number of rotatable bonds is 4. The number of hydrogen-bond acceptors (Lipinski definition) is 4. The van der Waals surface area contributed by atoms with Gasteiger partial charge in [0, 0.05) is 22.9 Å². The van der Waals surface area contributed by atoms with Crippen LogP contribution >= 0.6 is 0 Å². The van der Waals surface area contributed by atoms with E-state index in [9.17, 15) is 19.8 Å². The van der Waals surface area contributed by atoms with E-state index in [-0.39, 0.29) is 12.3 Å². The lowest BCUT2D eigenvalue weighted by molar-refractivity contribution is -0.139. The van der Waals surface area contributed by atoms with E-state index in [1.807, 2.05) is 0 Å². The fourth-order valence-corrected chi connectivity index (χ4v) is 2.25. The summed E-state index contributed by atoms with van der Waals surface area (Å²) in [6, 6.07) is 5.92. The maximum atomic E-state index is 11.8. The number of carboxylic acids is 1. The number of para-hydroxylation sites is 1. The molecule has 0 radical (unpaired) electrons. The van der Waals surface area contributed by atoms with Gasteiger partial charge in [-0.1, -0.05) is 18.2 Å². The molecule has 1 atom stereocenters. The van der Waals surface area contributed by atoms with Crippen molar-refractivity contribution in [2.75, 3.05) is 0 Å². The van der Waals surface area contributed by atoms with E-state index >= 15 is 0 Å². The minimum atomic E-state index is -1.21. The predicted octanol–water partition coefficient (Wildman–Crippen LogP) is 2.39. The molecule has 0 bridgehead atoms. The van der Waals surface area contributed by atoms with Gasteiger partial charge in [0.2, 0.25) is 0 Å². The van der Waals surface area contributed by atoms with E-state index in [1.54, 1.807) is 45.0 Å². The van der Waals surface area contributed by atoms with Gasteiger partial charge in [-0.05, 0) is 26.8 Å². The molecule has 1 amide bonds. The van der Waals surface area contributed by atoms with Crippen LogP contribution in [0.25, 0.3) is 10.9 Å². The van der Waals surface area contributed by atoms with Gasteiger partial charge in [0.1, 0.15) is 11.6 Å². The molecule has 0 aliphatic heterocycles. The molecule has 0 fully saturated rings. The Morgan fingerprint density at radius 3 is 2.57 bits per heavy atom. The molecule has 0 aliphatic rings. The molecule has 124 valence electrons. The third kappa shape index (κ3) is 4.15. The van der Waals surface area contributed by atoms with Gasteiger partial charge in [0.25, 0.3) is 0 Å². The Morgan fingerprint density at radius 2 is 1.96 bits per heavy atom. The Kier molecular flexibility index (Phi) is 4.49. The average Bonchev–Trinajstić information content (AvgIpc) is 2.72. The number of aromatic nitrogens is 1. The summed E-state index contributed by atoms with van der Waals surface area (Å²) in [7, 11) is 0. The van der Waals surface area contributed by atoms with E-state index in [1.165, 1.54) is 0 Å². The van der Waals surface area contributed by atoms with Crippen LogP contribution in [0.3, 0.4) is 0 Å². The summed E-state index contributed by atoms with van der Waals surface area (Å²) in [5.74, 6) is -1.32. The molecule has 0 spiro atoms. The number of H-pyrrole nitrogens is 1. The maximum Gasteiger partial charge on any atom is 0.408 e. The van der Waals surface area contributed by atoms with E-state index in [0.29, 0.717) is 16.5 Å². The average molecular weight is 320 g/mol. The standard InChI is InChI=1S/C16H20N2O5/c1-16(2,3)23-15(22)18-12(14(20)21)8-10-9-6-4-5-7-11(9)17-13(10)19/h4-7,12,17,19H,8H2,1-3H3,(H,18,22)(H,20,21)/t12-/m1/s1. The minimum absolute atomic E-state index is 0.0651. The molecule has 4 N–H and O–H groups in total. The van der Waals surface area contributed by atoms with E-state index in [2.05, 4.69) is 10.3 Å². The predicted molar refractivity (Wildman–Crippen MR) is 84.5 cm³/mol. The van der Waals surface area contributed by atoms with Crippen molar-refractivity contribution >= 4 is 23.0 Å². The highest BCUT2D eigenvalue weighted by Gasteiger charge is 2.26. The molecule has 0 saturated carbocycles. The summed E-state index contributed by atoms with van der Waals surface area (Å²) >= 11 is 0. The van der Waals surface area contributed by atoms with Gasteiger partial charge in [0.05, 0.1) is 0 Å². The van der Waals surface area contributed by atoms with Crippen molar-refractivity contribution in [3.63, 3.8) is 0 Å². The summed E-state index contributed by atoms with van der Waals surface area (Å²) in [4.78, 5) is 26.0. The van der Waals surface area contributed by atoms with Crippen molar-refractivity contribution in [2.24, 2.45) is 0 Å². The largest absolute Gasteiger partial charge is 0.494 e. The highest BCUT2D eigenvalue weighted by molar-refractivity contribution is 5.87. The molecule has 2 aromatic rings. The molecule has 7 heteroatoms. The molecule has 1 aromatic heterocycles. The first kappa shape index (κ1) is 16.7. The number of aromatic amines is 1. The molecule has 0 unspecified atom stereocenters. The third-order valence-corrected chi connectivity index (χ3v) is 3.19. The van der Waals surface area contributed by atoms with Crippen LogP contribution in [-0.2, 0) is 16.0 Å². The second kappa shape index (κ2) is 6.20. The lowest BCUT2D eigenvalue weighted by Crippen LogP contribution is -2.44. The van der Waals surface area contributed by atoms with Crippen LogP contribution in [0.5, 0.6) is 5.88 Å². The zero-order valence-electron chi connectivity index (χ0n) is 13.2. The molecule has 0 saturated heterocycles. The van der Waals surface area contributed by atoms with Crippen molar-refractivity contribution in [3.05, 3.63) is 29.8 Å². The number of aromatic hydroxyl groups is 1. The Morgan fingerprint density at radius 1 is 1.30 bits per heavy atom. The van der Waals surface area contributed by atoms with Crippen molar-refractivity contribution in [2.45, 2.75) is 38.8 Å². The number of ether oxygens (including phenoxy) is 1. The smallest absolute Gasteiger partial charge is 0.408 e. The lowest BCUT2D eigenvalue weighted by Gasteiger charge is -2.22. The third-order valence-electron chi connectivity index (χ3n) is 3.19. The van der Waals surface area contributed by atoms with Crippen LogP contribution in [0, 0.1) is 0 Å². The molecular formula is C16H20N2O5. The van der Waals surface area contributed by atoms with Gasteiger partial charge in [-0.3, -0.25) is 0 Å². The van der Waals surface area contributed by atoms with Gasteiger partial charge in [-0.25, -0.2) is 9.59 Å². The monoisotopic (exact) mass is 320 g/mol. The van der Waals surface area contributed by atoms with Crippen LogP contribution in [0.1, 0.15) is 26.3 Å². The SMILES string of the molecule is CC(C)(C)OC(=O)N[C@H](Cc1c(O)[nH]c2ccccc12)C(=O)O. The summed E-state index contributed by atoms with van der Waals surface area (Å²) < 4.78 is 5.07. The molecule has 0 aliphatic carbocycles. The Labute approximate surface area is 133 Å². The number of hydrogen-bond donors (Lipinski definition) is 4. The fourth-order valence-electron chi connectivity index (χ4n) is 2.25. The summed E-state index contributed by atoms with van der Waals surface area (Å²) in [5, 5.41) is 22.3. The Hall–Kier alpha value is -2.70. The topological polar surface area (TPSA) is 112 Å². The number of fused-ring (bicyclic) bond motifs is 1. The second-order valence-corrected chi connectivity index (χ2v) is 6.24. The summed E-state index contributed by atoms with van der Waals surface area (Å²) in [6.45, 7) is 5.07. The van der Waals surface area contributed by atoms with Crippen molar-refractivity contribution in [3.8, 4) is 5.88 Å². The van der Waals surface area contributed by atoms with Gasteiger partial charge >= 0.3 is 12.1 Å². The quantitative estimate of drug-likeness (QED) is 0.691. The first-order valence-corrected chi connectivity index (χ1v) is 7.18. The van der Waals surface area contributed by atoms with Crippen molar-refractivity contribution in [1.82, 2.24) is 10.3 Å². The number of amides is 1. The number of aliphatic carboxylic acids is 1. The number of carbonyl (C=O) groups excluding carboxylic acids is 1. The molecule has 1 aromatic carbocycles. The second-order valence-electron chi connectivity index (χ2n) is 6.24. The van der Waals surface area contributed by atoms with Gasteiger partial charge in [-0.2, -0.15) is 0 Å². The van der Waals surface area contributed by atoms with Crippen LogP contribution in [0.15, 0.2) is 24.3 Å². The first-order valence-electron chi connectivity index (χ1n) is 7.18. The van der Waals surface area contributed by atoms with Gasteiger partial charge in [0.15, 0.2) is 5.88 Å². The zero-order chi connectivity index (χ0) is 17.2. The van der Waals surface area contributed by atoms with Gasteiger partial charge in [-0.15, -0.1) is 0 Å². The first-order chi connectivity index (χ1) is 10.7. The van der Waals surface area contributed by atoms with Crippen LogP contribution in [0.2, 0.25) is 0 Å². The number of carboxylic acid groups (broad SMARTS) is 1. The van der Waals surface area contributed by atoms with Gasteiger partial charge < -0.3 is 25.3 Å². The number of carbonyl (C=O) groups is 2. The van der Waals surface area contributed by atoms with Crippen LogP contribution in [-0.4, -0.2) is 38.9 Å². The van der Waals surface area contributed by atoms with E-state index in [0.717, 1.165) is 0 Å². The zero-order valence-corrected chi connectivity index (χ0v) is 13.2. The van der Waals surface area contributed by atoms with E-state index < -0.39 is 23.7 Å².